The van der Waals surface area contributed by atoms with Crippen LogP contribution in [0, 0.1) is 18.3 Å². The molecule has 1 aromatic heterocycles. The maximum Gasteiger partial charge on any atom is 0.274 e. The first kappa shape index (κ1) is 17.2. The van der Waals surface area contributed by atoms with E-state index < -0.39 is 0 Å². The van der Waals surface area contributed by atoms with E-state index in [9.17, 15) is 9.90 Å². The monoisotopic (exact) mass is 354 g/mol. The van der Waals surface area contributed by atoms with Gasteiger partial charge in [-0.1, -0.05) is 30.3 Å². The van der Waals surface area contributed by atoms with Gasteiger partial charge in [-0.05, 0) is 24.5 Å². The van der Waals surface area contributed by atoms with E-state index in [-0.39, 0.29) is 17.9 Å². The molecular weight excluding hydrogens is 328 g/mol. The van der Waals surface area contributed by atoms with E-state index in [1.54, 1.807) is 4.68 Å². The van der Waals surface area contributed by atoms with Gasteiger partial charge in [-0.2, -0.15) is 5.10 Å². The summed E-state index contributed by atoms with van der Waals surface area (Å²) >= 11 is 0. The molecule has 0 saturated carbocycles. The van der Waals surface area contributed by atoms with Crippen LogP contribution in [0.3, 0.4) is 0 Å². The van der Waals surface area contributed by atoms with Gasteiger partial charge in [-0.15, -0.1) is 0 Å². The number of carbonyl (C=O) groups is 1. The predicted octanol–water partition coefficient (Wildman–Crippen LogP) is 1.30. The predicted molar refractivity (Wildman–Crippen MR) is 98.6 cm³/mol. The number of hydrogen-bond acceptors (Lipinski definition) is 4. The minimum atomic E-state index is -0.214. The molecule has 2 aromatic rings. The molecule has 6 nitrogen and oxygen atoms in total. The van der Waals surface area contributed by atoms with Gasteiger partial charge in [0.05, 0.1) is 6.61 Å². The van der Waals surface area contributed by atoms with E-state index in [4.69, 9.17) is 0 Å². The highest BCUT2D eigenvalue weighted by molar-refractivity contribution is 5.92. The third-order valence-electron chi connectivity index (χ3n) is 6.01. The summed E-state index contributed by atoms with van der Waals surface area (Å²) in [7, 11) is 1.85. The lowest BCUT2D eigenvalue weighted by atomic mass is 9.82. The number of fused-ring (bicyclic) bond motifs is 1. The number of hydrogen-bond donors (Lipinski definition) is 1. The summed E-state index contributed by atoms with van der Waals surface area (Å²) in [5.74, 6) is 0.288. The van der Waals surface area contributed by atoms with Gasteiger partial charge in [0, 0.05) is 50.9 Å². The molecule has 26 heavy (non-hydrogen) atoms. The summed E-state index contributed by atoms with van der Waals surface area (Å²) in [6.07, 6.45) is 0. The summed E-state index contributed by atoms with van der Waals surface area (Å²) in [6.45, 7) is 6.00. The van der Waals surface area contributed by atoms with Gasteiger partial charge in [0.2, 0.25) is 0 Å². The van der Waals surface area contributed by atoms with E-state index >= 15 is 0 Å². The molecule has 1 N–H and O–H groups in total. The quantitative estimate of drug-likeness (QED) is 0.899. The Morgan fingerprint density at radius 1 is 1.27 bits per heavy atom. The van der Waals surface area contributed by atoms with Crippen molar-refractivity contribution in [3.05, 3.63) is 53.3 Å². The van der Waals surface area contributed by atoms with E-state index in [1.165, 1.54) is 5.56 Å². The molecule has 138 valence electrons. The molecule has 1 amide bonds. The first-order valence-corrected chi connectivity index (χ1v) is 9.18. The Bertz CT molecular complexity index is 784. The fourth-order valence-corrected chi connectivity index (χ4v) is 4.46. The highest BCUT2D eigenvalue weighted by Gasteiger charge is 2.53. The van der Waals surface area contributed by atoms with Crippen molar-refractivity contribution in [2.45, 2.75) is 13.5 Å². The van der Waals surface area contributed by atoms with Crippen molar-refractivity contribution >= 4 is 5.91 Å². The first-order valence-electron chi connectivity index (χ1n) is 9.18. The first-order chi connectivity index (χ1) is 12.5. The molecule has 2 aliphatic heterocycles. The topological polar surface area (TPSA) is 61.6 Å². The second-order valence-electron chi connectivity index (χ2n) is 7.85. The van der Waals surface area contributed by atoms with Crippen molar-refractivity contribution in [1.29, 1.82) is 0 Å². The lowest BCUT2D eigenvalue weighted by Crippen LogP contribution is -2.39. The highest BCUT2D eigenvalue weighted by Crippen LogP contribution is 2.43. The number of aliphatic hydroxyl groups excluding tert-OH is 1. The van der Waals surface area contributed by atoms with Crippen LogP contribution in [0.25, 0.3) is 0 Å². The molecule has 0 aliphatic carbocycles. The van der Waals surface area contributed by atoms with Crippen LogP contribution >= 0.6 is 0 Å². The van der Waals surface area contributed by atoms with E-state index in [2.05, 4.69) is 34.3 Å². The summed E-state index contributed by atoms with van der Waals surface area (Å²) in [5.41, 5.74) is 2.55. The van der Waals surface area contributed by atoms with Crippen molar-refractivity contribution in [2.75, 3.05) is 32.8 Å². The molecule has 2 aliphatic rings. The fraction of sp³-hybridized carbons (Fsp3) is 0.500. The minimum Gasteiger partial charge on any atom is -0.396 e. The smallest absolute Gasteiger partial charge is 0.274 e. The summed E-state index contributed by atoms with van der Waals surface area (Å²) < 4.78 is 1.73. The van der Waals surface area contributed by atoms with Crippen molar-refractivity contribution in [1.82, 2.24) is 19.6 Å². The number of aliphatic hydroxyl groups is 1. The molecule has 2 atom stereocenters. The van der Waals surface area contributed by atoms with Gasteiger partial charge in [0.25, 0.3) is 5.91 Å². The van der Waals surface area contributed by atoms with Crippen LogP contribution in [0.2, 0.25) is 0 Å². The maximum atomic E-state index is 12.8. The minimum absolute atomic E-state index is 0.0227. The van der Waals surface area contributed by atoms with Crippen LogP contribution in [0.1, 0.15) is 21.7 Å². The van der Waals surface area contributed by atoms with Gasteiger partial charge in [0.1, 0.15) is 0 Å². The van der Waals surface area contributed by atoms with Crippen molar-refractivity contribution in [3.8, 4) is 0 Å². The summed E-state index contributed by atoms with van der Waals surface area (Å²) in [6, 6.07) is 12.3. The normalized spacial score (nSPS) is 25.7. The zero-order valence-electron chi connectivity index (χ0n) is 15.4. The van der Waals surface area contributed by atoms with Crippen LogP contribution in [-0.2, 0) is 13.6 Å². The molecule has 1 aromatic carbocycles. The van der Waals surface area contributed by atoms with E-state index in [0.717, 1.165) is 25.3 Å². The number of likely N-dealkylation sites (tertiary alicyclic amines) is 2. The average molecular weight is 354 g/mol. The Balaban J connectivity index is 1.46. The number of benzene rings is 1. The third-order valence-corrected chi connectivity index (χ3v) is 6.01. The molecule has 2 fully saturated rings. The molecular formula is C20H26N4O2. The number of rotatable bonds is 4. The van der Waals surface area contributed by atoms with E-state index in [1.807, 2.05) is 31.0 Å². The van der Waals surface area contributed by atoms with Crippen molar-refractivity contribution in [2.24, 2.45) is 18.4 Å². The molecule has 6 heteroatoms. The standard InChI is InChI=1S/C20H26N4O2/c1-15-8-18(21-22(15)2)19(26)24-11-17-10-23(12-20(17,13-24)14-25)9-16-6-4-3-5-7-16/h3-8,17,25H,9-14H2,1-2H3/t17-,20+/m1/s1. The Kier molecular flexibility index (Phi) is 4.32. The second-order valence-corrected chi connectivity index (χ2v) is 7.85. The van der Waals surface area contributed by atoms with Crippen LogP contribution in [0.15, 0.2) is 36.4 Å². The molecule has 4 rings (SSSR count). The number of amides is 1. The van der Waals surface area contributed by atoms with Gasteiger partial charge >= 0.3 is 0 Å². The lowest BCUT2D eigenvalue weighted by molar-refractivity contribution is 0.0712. The van der Waals surface area contributed by atoms with Gasteiger partial charge in [0.15, 0.2) is 5.69 Å². The van der Waals surface area contributed by atoms with Crippen LogP contribution in [0.4, 0.5) is 0 Å². The van der Waals surface area contributed by atoms with Gasteiger partial charge in [-0.25, -0.2) is 0 Å². The van der Waals surface area contributed by atoms with Crippen LogP contribution in [0.5, 0.6) is 0 Å². The molecule has 3 heterocycles. The van der Waals surface area contributed by atoms with Crippen LogP contribution in [-0.4, -0.2) is 63.4 Å². The van der Waals surface area contributed by atoms with Gasteiger partial charge in [-0.3, -0.25) is 14.4 Å². The highest BCUT2D eigenvalue weighted by atomic mass is 16.3. The summed E-state index contributed by atoms with van der Waals surface area (Å²) in [5, 5.41) is 14.5. The lowest BCUT2D eigenvalue weighted by Gasteiger charge is -2.27. The van der Waals surface area contributed by atoms with Crippen LogP contribution < -0.4 is 0 Å². The Labute approximate surface area is 154 Å². The Morgan fingerprint density at radius 2 is 2.04 bits per heavy atom. The number of aromatic nitrogens is 2. The molecule has 2 saturated heterocycles. The molecule has 0 bridgehead atoms. The van der Waals surface area contributed by atoms with Crippen molar-refractivity contribution in [3.63, 3.8) is 0 Å². The maximum absolute atomic E-state index is 12.8. The number of nitrogens with zero attached hydrogens (tertiary/aromatic N) is 4. The molecule has 0 radical (unpaired) electrons. The van der Waals surface area contributed by atoms with Crippen molar-refractivity contribution < 1.29 is 9.90 Å². The molecule has 0 unspecified atom stereocenters. The van der Waals surface area contributed by atoms with E-state index in [0.29, 0.717) is 24.7 Å². The second kappa shape index (κ2) is 6.52. The largest absolute Gasteiger partial charge is 0.396 e. The number of aryl methyl sites for hydroxylation is 2. The SMILES string of the molecule is Cc1cc(C(=O)N2C[C@H]3CN(Cc4ccccc4)C[C@@]3(CO)C2)nn1C. The van der Waals surface area contributed by atoms with Gasteiger partial charge < -0.3 is 10.0 Å². The molecule has 0 spiro atoms. The number of carbonyl (C=O) groups excluding carboxylic acids is 1. The Morgan fingerprint density at radius 3 is 2.65 bits per heavy atom. The fourth-order valence-electron chi connectivity index (χ4n) is 4.46. The Hall–Kier alpha value is -2.18. The zero-order valence-corrected chi connectivity index (χ0v) is 15.4. The zero-order chi connectivity index (χ0) is 18.3. The third kappa shape index (κ3) is 2.93. The average Bonchev–Trinajstić information content (AvgIpc) is 3.26. The summed E-state index contributed by atoms with van der Waals surface area (Å²) in [4.78, 5) is 17.1.